The summed E-state index contributed by atoms with van der Waals surface area (Å²) in [5, 5.41) is 0.636. The fourth-order valence-electron chi connectivity index (χ4n) is 4.67. The topological polar surface area (TPSA) is 66.9 Å². The van der Waals surface area contributed by atoms with E-state index in [9.17, 15) is 14.4 Å². The van der Waals surface area contributed by atoms with E-state index in [1.54, 1.807) is 24.3 Å². The van der Waals surface area contributed by atoms with Gasteiger partial charge < -0.3 is 4.84 Å². The number of carbonyl (C=O) groups excluding carboxylic acids is 3. The number of fused-ring (bicyclic) bond motifs is 2. The number of nitrogens with zero attached hydrogens (tertiary/aromatic N) is 2. The second-order valence-corrected chi connectivity index (χ2v) is 7.88. The highest BCUT2D eigenvalue weighted by Crippen LogP contribution is 2.53. The van der Waals surface area contributed by atoms with Crippen molar-refractivity contribution in [3.8, 4) is 0 Å². The highest BCUT2D eigenvalue weighted by Gasteiger charge is 2.60. The quantitative estimate of drug-likeness (QED) is 0.768. The predicted molar refractivity (Wildman–Crippen MR) is 99.9 cm³/mol. The third-order valence-electron chi connectivity index (χ3n) is 6.29. The van der Waals surface area contributed by atoms with Crippen molar-refractivity contribution < 1.29 is 19.2 Å². The Hall–Kier alpha value is -2.99. The average molecular weight is 376 g/mol. The van der Waals surface area contributed by atoms with E-state index >= 15 is 0 Å². The standard InChI is InChI=1S/C22H20N2O4/c25-19-17-8-4-5-9-18(17)20(26)24(19)28-21(27)22-11-10-16(22)13-23(14-22)12-15-6-2-1-3-7-15/h1-9,16H,10-14H2/t16-,22-/m0/s1. The van der Waals surface area contributed by atoms with Crippen LogP contribution < -0.4 is 0 Å². The van der Waals surface area contributed by atoms with Crippen LogP contribution >= 0.6 is 0 Å². The van der Waals surface area contributed by atoms with Crippen LogP contribution in [0, 0.1) is 11.3 Å². The molecular formula is C22H20N2O4. The summed E-state index contributed by atoms with van der Waals surface area (Å²) in [5.74, 6) is -1.39. The lowest BCUT2D eigenvalue weighted by Crippen LogP contribution is -2.50. The van der Waals surface area contributed by atoms with Crippen molar-refractivity contribution in [2.75, 3.05) is 13.1 Å². The monoisotopic (exact) mass is 376 g/mol. The smallest absolute Gasteiger partial charge is 0.329 e. The second-order valence-electron chi connectivity index (χ2n) is 7.88. The molecule has 6 heteroatoms. The maximum Gasteiger partial charge on any atom is 0.340 e. The van der Waals surface area contributed by atoms with Crippen molar-refractivity contribution in [3.05, 3.63) is 71.3 Å². The van der Waals surface area contributed by atoms with Crippen molar-refractivity contribution in [2.45, 2.75) is 19.4 Å². The van der Waals surface area contributed by atoms with Gasteiger partial charge in [0.15, 0.2) is 0 Å². The van der Waals surface area contributed by atoms with Gasteiger partial charge in [0.2, 0.25) is 0 Å². The van der Waals surface area contributed by atoms with Crippen LogP contribution in [-0.4, -0.2) is 40.8 Å². The molecule has 0 bridgehead atoms. The molecule has 142 valence electrons. The molecule has 1 saturated heterocycles. The molecular weight excluding hydrogens is 356 g/mol. The van der Waals surface area contributed by atoms with Crippen molar-refractivity contribution in [2.24, 2.45) is 11.3 Å². The molecule has 0 N–H and O–H groups in total. The van der Waals surface area contributed by atoms with E-state index in [-0.39, 0.29) is 17.0 Å². The summed E-state index contributed by atoms with van der Waals surface area (Å²) in [7, 11) is 0. The Kier molecular flexibility index (Phi) is 3.84. The Balaban J connectivity index is 1.31. The fraction of sp³-hybridized carbons (Fsp3) is 0.318. The molecule has 6 nitrogen and oxygen atoms in total. The van der Waals surface area contributed by atoms with Gasteiger partial charge in [-0.3, -0.25) is 14.5 Å². The molecule has 2 fully saturated rings. The lowest BCUT2D eigenvalue weighted by atomic mass is 9.62. The fourth-order valence-corrected chi connectivity index (χ4v) is 4.67. The largest absolute Gasteiger partial charge is 0.340 e. The minimum Gasteiger partial charge on any atom is -0.329 e. The summed E-state index contributed by atoms with van der Waals surface area (Å²) in [6.45, 7) is 2.19. The summed E-state index contributed by atoms with van der Waals surface area (Å²) < 4.78 is 0. The molecule has 2 amide bonds. The van der Waals surface area contributed by atoms with Gasteiger partial charge in [-0.05, 0) is 36.5 Å². The minimum atomic E-state index is -0.621. The third-order valence-corrected chi connectivity index (χ3v) is 6.29. The minimum absolute atomic E-state index is 0.207. The molecule has 5 rings (SSSR count). The third kappa shape index (κ3) is 2.48. The lowest BCUT2D eigenvalue weighted by Gasteiger charge is -2.41. The first kappa shape index (κ1) is 17.1. The molecule has 28 heavy (non-hydrogen) atoms. The van der Waals surface area contributed by atoms with E-state index in [1.165, 1.54) is 5.56 Å². The molecule has 2 aromatic carbocycles. The van der Waals surface area contributed by atoms with Crippen LogP contribution in [0.5, 0.6) is 0 Å². The van der Waals surface area contributed by atoms with Crippen LogP contribution in [0.25, 0.3) is 0 Å². The van der Waals surface area contributed by atoms with E-state index < -0.39 is 23.2 Å². The first-order valence-corrected chi connectivity index (χ1v) is 9.55. The Morgan fingerprint density at radius 1 is 1.00 bits per heavy atom. The molecule has 0 radical (unpaired) electrons. The van der Waals surface area contributed by atoms with Crippen molar-refractivity contribution in [3.63, 3.8) is 0 Å². The number of amides is 2. The zero-order valence-corrected chi connectivity index (χ0v) is 15.3. The van der Waals surface area contributed by atoms with E-state index in [2.05, 4.69) is 17.0 Å². The normalized spacial score (nSPS) is 26.0. The summed E-state index contributed by atoms with van der Waals surface area (Å²) >= 11 is 0. The van der Waals surface area contributed by atoms with Gasteiger partial charge >= 0.3 is 5.97 Å². The van der Waals surface area contributed by atoms with Gasteiger partial charge in [-0.2, -0.15) is 0 Å². The predicted octanol–water partition coefficient (Wildman–Crippen LogP) is 2.65. The van der Waals surface area contributed by atoms with Gasteiger partial charge in [0.05, 0.1) is 16.5 Å². The number of carbonyl (C=O) groups is 3. The first-order chi connectivity index (χ1) is 13.6. The molecule has 2 heterocycles. The van der Waals surface area contributed by atoms with Gasteiger partial charge in [-0.15, -0.1) is 0 Å². The van der Waals surface area contributed by atoms with E-state index in [4.69, 9.17) is 4.84 Å². The van der Waals surface area contributed by atoms with E-state index in [0.717, 1.165) is 25.9 Å². The zero-order chi connectivity index (χ0) is 19.3. The Morgan fingerprint density at radius 3 is 2.25 bits per heavy atom. The van der Waals surface area contributed by atoms with Gasteiger partial charge in [-0.1, -0.05) is 47.5 Å². The Labute approximate surface area is 162 Å². The highest BCUT2D eigenvalue weighted by atomic mass is 16.7. The van der Waals surface area contributed by atoms with Gasteiger partial charge in [-0.25, -0.2) is 4.79 Å². The number of hydrogen-bond donors (Lipinski definition) is 0. The van der Waals surface area contributed by atoms with Crippen LogP contribution in [0.2, 0.25) is 0 Å². The van der Waals surface area contributed by atoms with E-state index in [1.807, 2.05) is 18.2 Å². The molecule has 0 unspecified atom stereocenters. The molecule has 2 aliphatic heterocycles. The lowest BCUT2D eigenvalue weighted by molar-refractivity contribution is -0.189. The summed E-state index contributed by atoms with van der Waals surface area (Å²) in [6.07, 6.45) is 1.69. The molecule has 0 spiro atoms. The summed E-state index contributed by atoms with van der Waals surface area (Å²) in [4.78, 5) is 45.7. The van der Waals surface area contributed by atoms with Crippen molar-refractivity contribution >= 4 is 17.8 Å². The summed E-state index contributed by atoms with van der Waals surface area (Å²) in [6, 6.07) is 16.7. The number of rotatable bonds is 4. The number of hydroxylamine groups is 2. The Bertz CT molecular complexity index is 939. The number of imide groups is 1. The molecule has 2 atom stereocenters. The molecule has 3 aliphatic rings. The maximum atomic E-state index is 13.0. The number of likely N-dealkylation sites (tertiary alicyclic amines) is 1. The van der Waals surface area contributed by atoms with Gasteiger partial charge in [0.1, 0.15) is 0 Å². The number of hydrogen-bond acceptors (Lipinski definition) is 5. The molecule has 1 saturated carbocycles. The highest BCUT2D eigenvalue weighted by molar-refractivity contribution is 6.20. The maximum absolute atomic E-state index is 13.0. The van der Waals surface area contributed by atoms with Crippen LogP contribution in [0.1, 0.15) is 39.1 Å². The summed E-state index contributed by atoms with van der Waals surface area (Å²) in [5.41, 5.74) is 1.14. The van der Waals surface area contributed by atoms with E-state index in [0.29, 0.717) is 11.6 Å². The van der Waals surface area contributed by atoms with Crippen LogP contribution in [0.4, 0.5) is 0 Å². The van der Waals surface area contributed by atoms with Crippen LogP contribution in [0.15, 0.2) is 54.6 Å². The van der Waals surface area contributed by atoms with Gasteiger partial charge in [0, 0.05) is 19.6 Å². The van der Waals surface area contributed by atoms with Crippen molar-refractivity contribution in [1.82, 2.24) is 9.96 Å². The first-order valence-electron chi connectivity index (χ1n) is 9.55. The molecule has 1 aliphatic carbocycles. The molecule has 2 aromatic rings. The Morgan fingerprint density at radius 2 is 1.64 bits per heavy atom. The van der Waals surface area contributed by atoms with Crippen LogP contribution in [-0.2, 0) is 16.2 Å². The second kappa shape index (κ2) is 6.27. The SMILES string of the molecule is O=C1c2ccccc2C(=O)N1OC(=O)[C@]12CC[C@H]1CN(Cc1ccccc1)C2. The van der Waals surface area contributed by atoms with Crippen LogP contribution in [0.3, 0.4) is 0 Å². The zero-order valence-electron chi connectivity index (χ0n) is 15.3. The van der Waals surface area contributed by atoms with Gasteiger partial charge in [0.25, 0.3) is 11.8 Å². The average Bonchev–Trinajstić information content (AvgIpc) is 3.09. The number of benzene rings is 2. The van der Waals surface area contributed by atoms with Crippen molar-refractivity contribution in [1.29, 1.82) is 0 Å². The molecule has 0 aromatic heterocycles.